The Morgan fingerprint density at radius 2 is 2.05 bits per heavy atom. The normalized spacial score (nSPS) is 15.0. The molecule has 0 aliphatic carbocycles. The van der Waals surface area contributed by atoms with Crippen LogP contribution in [0.15, 0.2) is 18.3 Å². The van der Waals surface area contributed by atoms with Crippen molar-refractivity contribution in [3.05, 3.63) is 24.0 Å². The van der Waals surface area contributed by atoms with Gasteiger partial charge in [-0.1, -0.05) is 13.8 Å². The monoisotopic (exact) mass is 304 g/mol. The van der Waals surface area contributed by atoms with E-state index >= 15 is 0 Å². The Morgan fingerprint density at radius 1 is 1.32 bits per heavy atom. The summed E-state index contributed by atoms with van der Waals surface area (Å²) in [7, 11) is 0. The molecule has 22 heavy (non-hydrogen) atoms. The highest BCUT2D eigenvalue weighted by atomic mass is 16.2. The second kappa shape index (κ2) is 7.77. The second-order valence-electron chi connectivity index (χ2n) is 5.97. The lowest BCUT2D eigenvalue weighted by Gasteiger charge is -2.32. The van der Waals surface area contributed by atoms with E-state index in [4.69, 9.17) is 0 Å². The van der Waals surface area contributed by atoms with E-state index in [-0.39, 0.29) is 5.91 Å². The number of nitrogens with zero attached hydrogens (tertiary/aromatic N) is 3. The Bertz CT molecular complexity index is 493. The number of anilines is 1. The third-order valence-corrected chi connectivity index (χ3v) is 3.78. The predicted molar refractivity (Wildman–Crippen MR) is 85.7 cm³/mol. The highest BCUT2D eigenvalue weighted by Crippen LogP contribution is 2.11. The fourth-order valence-corrected chi connectivity index (χ4v) is 2.32. The zero-order valence-electron chi connectivity index (χ0n) is 13.3. The summed E-state index contributed by atoms with van der Waals surface area (Å²) in [6, 6.07) is 3.65. The molecular formula is C16H24N4O2. The molecule has 1 aromatic heterocycles. The maximum atomic E-state index is 12.3. The number of piperazine rings is 1. The van der Waals surface area contributed by atoms with Gasteiger partial charge in [-0.05, 0) is 24.5 Å². The van der Waals surface area contributed by atoms with Gasteiger partial charge in [0.25, 0.3) is 5.91 Å². The summed E-state index contributed by atoms with van der Waals surface area (Å²) in [5.74, 6) is 0.589. The van der Waals surface area contributed by atoms with Crippen molar-refractivity contribution in [2.45, 2.75) is 20.3 Å². The molecule has 0 atom stereocenters. The van der Waals surface area contributed by atoms with Crippen LogP contribution in [-0.4, -0.2) is 59.8 Å². The molecule has 0 saturated carbocycles. The van der Waals surface area contributed by atoms with Crippen molar-refractivity contribution in [3.8, 4) is 0 Å². The van der Waals surface area contributed by atoms with Gasteiger partial charge in [0.15, 0.2) is 0 Å². The van der Waals surface area contributed by atoms with Gasteiger partial charge >= 0.3 is 0 Å². The molecule has 2 amide bonds. The van der Waals surface area contributed by atoms with Gasteiger partial charge in [0.05, 0.1) is 11.9 Å². The van der Waals surface area contributed by atoms with E-state index in [0.29, 0.717) is 37.8 Å². The van der Waals surface area contributed by atoms with Crippen LogP contribution in [0.2, 0.25) is 0 Å². The van der Waals surface area contributed by atoms with Crippen LogP contribution in [0.25, 0.3) is 0 Å². The Balaban J connectivity index is 1.87. The van der Waals surface area contributed by atoms with Crippen LogP contribution in [0, 0.1) is 5.92 Å². The van der Waals surface area contributed by atoms with Gasteiger partial charge in [-0.25, -0.2) is 4.98 Å². The summed E-state index contributed by atoms with van der Waals surface area (Å²) < 4.78 is 0. The van der Waals surface area contributed by atoms with E-state index in [9.17, 15) is 9.59 Å². The third-order valence-electron chi connectivity index (χ3n) is 3.78. The molecule has 1 aliphatic heterocycles. The fraction of sp³-hybridized carbons (Fsp3) is 0.562. The molecule has 1 N–H and O–H groups in total. The van der Waals surface area contributed by atoms with Crippen LogP contribution in [0.5, 0.6) is 0 Å². The minimum absolute atomic E-state index is 0.0701. The molecule has 1 aliphatic rings. The van der Waals surface area contributed by atoms with Crippen molar-refractivity contribution in [2.75, 3.05) is 38.0 Å². The molecule has 0 radical (unpaired) electrons. The van der Waals surface area contributed by atoms with Gasteiger partial charge in [-0.3, -0.25) is 9.59 Å². The summed E-state index contributed by atoms with van der Waals surface area (Å²) in [6.45, 7) is 7.58. The maximum Gasteiger partial charge on any atom is 0.272 e. The van der Waals surface area contributed by atoms with Gasteiger partial charge in [-0.2, -0.15) is 0 Å². The summed E-state index contributed by atoms with van der Waals surface area (Å²) >= 11 is 0. The van der Waals surface area contributed by atoms with Gasteiger partial charge in [0.2, 0.25) is 6.41 Å². The number of pyridine rings is 1. The average Bonchev–Trinajstić information content (AvgIpc) is 2.54. The summed E-state index contributed by atoms with van der Waals surface area (Å²) in [5, 5.41) is 3.30. The first-order valence-corrected chi connectivity index (χ1v) is 7.78. The standard InChI is InChI=1S/C16H24N4O2/c1-13(2)5-6-17-14-3-4-15(18-11-14)16(22)20-9-7-19(12-21)8-10-20/h3-4,11-13,17H,5-10H2,1-2H3. The van der Waals surface area contributed by atoms with Crippen LogP contribution >= 0.6 is 0 Å². The molecule has 0 bridgehead atoms. The molecule has 120 valence electrons. The Hall–Kier alpha value is -2.11. The molecule has 2 heterocycles. The Labute approximate surface area is 131 Å². The Kier molecular flexibility index (Phi) is 5.75. The summed E-state index contributed by atoms with van der Waals surface area (Å²) in [6.07, 6.45) is 3.63. The molecule has 1 fully saturated rings. The zero-order chi connectivity index (χ0) is 15.9. The van der Waals surface area contributed by atoms with Crippen molar-refractivity contribution >= 4 is 18.0 Å². The number of carbonyl (C=O) groups is 2. The molecule has 0 aromatic carbocycles. The SMILES string of the molecule is CC(C)CCNc1ccc(C(=O)N2CCN(C=O)CC2)nc1. The van der Waals surface area contributed by atoms with Crippen molar-refractivity contribution < 1.29 is 9.59 Å². The molecule has 1 saturated heterocycles. The average molecular weight is 304 g/mol. The minimum Gasteiger partial charge on any atom is -0.384 e. The first-order valence-electron chi connectivity index (χ1n) is 7.78. The van der Waals surface area contributed by atoms with Crippen LogP contribution in [0.3, 0.4) is 0 Å². The van der Waals surface area contributed by atoms with Crippen LogP contribution in [0.1, 0.15) is 30.8 Å². The third kappa shape index (κ3) is 4.44. The molecule has 2 rings (SSSR count). The van der Waals surface area contributed by atoms with E-state index < -0.39 is 0 Å². The van der Waals surface area contributed by atoms with Crippen molar-refractivity contribution in [1.82, 2.24) is 14.8 Å². The molecule has 6 nitrogen and oxygen atoms in total. The largest absolute Gasteiger partial charge is 0.384 e. The number of hydrogen-bond donors (Lipinski definition) is 1. The van der Waals surface area contributed by atoms with E-state index in [2.05, 4.69) is 24.1 Å². The van der Waals surface area contributed by atoms with Gasteiger partial charge < -0.3 is 15.1 Å². The van der Waals surface area contributed by atoms with Crippen molar-refractivity contribution in [3.63, 3.8) is 0 Å². The van der Waals surface area contributed by atoms with Gasteiger partial charge in [-0.15, -0.1) is 0 Å². The maximum absolute atomic E-state index is 12.3. The van der Waals surface area contributed by atoms with Crippen molar-refractivity contribution in [1.29, 1.82) is 0 Å². The molecule has 1 aromatic rings. The topological polar surface area (TPSA) is 65.5 Å². The fourth-order valence-electron chi connectivity index (χ4n) is 2.32. The van der Waals surface area contributed by atoms with E-state index in [0.717, 1.165) is 25.1 Å². The summed E-state index contributed by atoms with van der Waals surface area (Å²) in [5.41, 5.74) is 1.39. The van der Waals surface area contributed by atoms with E-state index in [1.807, 2.05) is 6.07 Å². The Morgan fingerprint density at radius 3 is 2.59 bits per heavy atom. The first-order chi connectivity index (χ1) is 10.6. The lowest BCUT2D eigenvalue weighted by atomic mass is 10.1. The first kappa shape index (κ1) is 16.3. The predicted octanol–water partition coefficient (Wildman–Crippen LogP) is 1.45. The number of nitrogens with one attached hydrogen (secondary N) is 1. The lowest BCUT2D eigenvalue weighted by Crippen LogP contribution is -2.48. The lowest BCUT2D eigenvalue weighted by molar-refractivity contribution is -0.119. The quantitative estimate of drug-likeness (QED) is 0.808. The number of hydrogen-bond acceptors (Lipinski definition) is 4. The van der Waals surface area contributed by atoms with Crippen LogP contribution < -0.4 is 5.32 Å². The molecular weight excluding hydrogens is 280 g/mol. The van der Waals surface area contributed by atoms with E-state index in [1.165, 1.54) is 0 Å². The zero-order valence-corrected chi connectivity index (χ0v) is 13.3. The van der Waals surface area contributed by atoms with Gasteiger partial charge in [0.1, 0.15) is 5.69 Å². The smallest absolute Gasteiger partial charge is 0.272 e. The molecule has 6 heteroatoms. The highest BCUT2D eigenvalue weighted by Gasteiger charge is 2.21. The number of aromatic nitrogens is 1. The molecule has 0 spiro atoms. The van der Waals surface area contributed by atoms with Crippen molar-refractivity contribution in [2.24, 2.45) is 5.92 Å². The highest BCUT2D eigenvalue weighted by molar-refractivity contribution is 5.92. The second-order valence-corrected chi connectivity index (χ2v) is 5.97. The molecule has 0 unspecified atom stereocenters. The number of amides is 2. The van der Waals surface area contributed by atoms with Gasteiger partial charge in [0, 0.05) is 32.7 Å². The number of rotatable bonds is 6. The van der Waals surface area contributed by atoms with E-state index in [1.54, 1.807) is 22.1 Å². The summed E-state index contributed by atoms with van der Waals surface area (Å²) in [4.78, 5) is 30.7. The van der Waals surface area contributed by atoms with Crippen LogP contribution in [0.4, 0.5) is 5.69 Å². The number of carbonyl (C=O) groups excluding carboxylic acids is 2. The minimum atomic E-state index is -0.0701. The van der Waals surface area contributed by atoms with Crippen LogP contribution in [-0.2, 0) is 4.79 Å².